The summed E-state index contributed by atoms with van der Waals surface area (Å²) in [6, 6.07) is 0. The maximum atomic E-state index is 11.4. The first-order valence-electron chi connectivity index (χ1n) is 4.92. The van der Waals surface area contributed by atoms with Crippen molar-refractivity contribution in [2.24, 2.45) is 0 Å². The molecule has 1 saturated heterocycles. The second kappa shape index (κ2) is 4.95. The molecule has 0 radical (unpaired) electrons. The van der Waals surface area contributed by atoms with E-state index in [1.807, 2.05) is 11.9 Å². The normalized spacial score (nSPS) is 18.6. The van der Waals surface area contributed by atoms with Gasteiger partial charge in [0.1, 0.15) is 0 Å². The Hall–Kier alpha value is -1.10. The van der Waals surface area contributed by atoms with E-state index in [-0.39, 0.29) is 12.3 Å². The van der Waals surface area contributed by atoms with Crippen LogP contribution in [0.2, 0.25) is 0 Å². The lowest BCUT2D eigenvalue weighted by Crippen LogP contribution is -2.50. The predicted octanol–water partition coefficient (Wildman–Crippen LogP) is 0.320. The third kappa shape index (κ3) is 2.70. The van der Waals surface area contributed by atoms with Crippen molar-refractivity contribution >= 4 is 11.9 Å². The molecule has 0 aromatic heterocycles. The van der Waals surface area contributed by atoms with Crippen molar-refractivity contribution in [3.8, 4) is 0 Å². The number of amides is 1. The van der Waals surface area contributed by atoms with E-state index in [0.717, 1.165) is 13.0 Å². The Balaban J connectivity index is 2.47. The van der Waals surface area contributed by atoms with E-state index in [4.69, 9.17) is 5.11 Å². The van der Waals surface area contributed by atoms with Crippen molar-refractivity contribution in [3.05, 3.63) is 0 Å². The first-order chi connectivity index (χ1) is 6.65. The third-order valence-corrected chi connectivity index (χ3v) is 2.32. The largest absolute Gasteiger partial charge is 0.481 e. The number of carboxylic acid groups (broad SMARTS) is 1. The highest BCUT2D eigenvalue weighted by molar-refractivity contribution is 5.76. The summed E-state index contributed by atoms with van der Waals surface area (Å²) in [6.45, 7) is 3.73. The van der Waals surface area contributed by atoms with Gasteiger partial charge in [-0.15, -0.1) is 0 Å². The molecule has 0 spiro atoms. The van der Waals surface area contributed by atoms with Crippen LogP contribution in [-0.2, 0) is 9.59 Å². The van der Waals surface area contributed by atoms with Crippen LogP contribution in [0.1, 0.15) is 26.2 Å². The zero-order chi connectivity index (χ0) is 10.6. The summed E-state index contributed by atoms with van der Waals surface area (Å²) in [5.74, 6) is -0.719. The van der Waals surface area contributed by atoms with Crippen molar-refractivity contribution in [2.45, 2.75) is 26.2 Å². The molecule has 1 amide bonds. The topological polar surface area (TPSA) is 60.9 Å². The molecule has 1 aliphatic heterocycles. The van der Waals surface area contributed by atoms with Gasteiger partial charge in [-0.2, -0.15) is 0 Å². The van der Waals surface area contributed by atoms with Gasteiger partial charge < -0.3 is 5.11 Å². The monoisotopic (exact) mass is 200 g/mol. The first-order valence-corrected chi connectivity index (χ1v) is 4.92. The molecule has 5 heteroatoms. The lowest BCUT2D eigenvalue weighted by molar-refractivity contribution is -0.157. The van der Waals surface area contributed by atoms with E-state index < -0.39 is 5.97 Å². The van der Waals surface area contributed by atoms with Crippen molar-refractivity contribution in [1.82, 2.24) is 10.0 Å². The van der Waals surface area contributed by atoms with Crippen LogP contribution in [0.15, 0.2) is 0 Å². The average Bonchev–Trinajstić information content (AvgIpc) is 2.14. The van der Waals surface area contributed by atoms with Crippen molar-refractivity contribution in [3.63, 3.8) is 0 Å². The molecule has 1 heterocycles. The SMILES string of the molecule is CCN1C(=O)CCCN1CCC(=O)O. The number of hydrogen-bond acceptors (Lipinski definition) is 3. The maximum absolute atomic E-state index is 11.4. The molecular formula is C9H16N2O3. The highest BCUT2D eigenvalue weighted by atomic mass is 16.4. The van der Waals surface area contributed by atoms with Crippen LogP contribution in [0.4, 0.5) is 0 Å². The fraction of sp³-hybridized carbons (Fsp3) is 0.778. The van der Waals surface area contributed by atoms with Gasteiger partial charge in [-0.05, 0) is 13.3 Å². The van der Waals surface area contributed by atoms with Gasteiger partial charge in [-0.25, -0.2) is 5.01 Å². The molecule has 0 aromatic rings. The number of hydrogen-bond donors (Lipinski definition) is 1. The minimum atomic E-state index is -0.820. The number of aliphatic carboxylic acids is 1. The second-order valence-electron chi connectivity index (χ2n) is 3.31. The summed E-state index contributed by atoms with van der Waals surface area (Å²) in [6.07, 6.45) is 1.50. The van der Waals surface area contributed by atoms with Crippen LogP contribution in [0.5, 0.6) is 0 Å². The molecule has 1 fully saturated rings. The first kappa shape index (κ1) is 11.0. The number of carbonyl (C=O) groups excluding carboxylic acids is 1. The van der Waals surface area contributed by atoms with Crippen molar-refractivity contribution in [2.75, 3.05) is 19.6 Å². The highest BCUT2D eigenvalue weighted by Crippen LogP contribution is 2.12. The van der Waals surface area contributed by atoms with Gasteiger partial charge >= 0.3 is 5.97 Å². The quantitative estimate of drug-likeness (QED) is 0.710. The van der Waals surface area contributed by atoms with Crippen LogP contribution in [0, 0.1) is 0 Å². The molecule has 0 atom stereocenters. The zero-order valence-electron chi connectivity index (χ0n) is 8.40. The Morgan fingerprint density at radius 1 is 1.57 bits per heavy atom. The number of carbonyl (C=O) groups is 2. The van der Waals surface area contributed by atoms with Gasteiger partial charge in [-0.3, -0.25) is 14.6 Å². The van der Waals surface area contributed by atoms with Gasteiger partial charge in [0.15, 0.2) is 0 Å². The summed E-state index contributed by atoms with van der Waals surface area (Å²) < 4.78 is 0. The second-order valence-corrected chi connectivity index (χ2v) is 3.31. The van der Waals surface area contributed by atoms with Crippen molar-refractivity contribution in [1.29, 1.82) is 0 Å². The predicted molar refractivity (Wildman–Crippen MR) is 50.4 cm³/mol. The maximum Gasteiger partial charge on any atom is 0.304 e. The summed E-state index contributed by atoms with van der Waals surface area (Å²) in [5.41, 5.74) is 0. The fourth-order valence-electron chi connectivity index (χ4n) is 1.65. The summed E-state index contributed by atoms with van der Waals surface area (Å²) in [5, 5.41) is 12.0. The van der Waals surface area contributed by atoms with E-state index >= 15 is 0 Å². The Morgan fingerprint density at radius 3 is 2.86 bits per heavy atom. The van der Waals surface area contributed by atoms with E-state index in [2.05, 4.69) is 0 Å². The molecule has 80 valence electrons. The minimum Gasteiger partial charge on any atom is -0.481 e. The van der Waals surface area contributed by atoms with Gasteiger partial charge in [0.05, 0.1) is 6.42 Å². The average molecular weight is 200 g/mol. The van der Waals surface area contributed by atoms with E-state index in [9.17, 15) is 9.59 Å². The van der Waals surface area contributed by atoms with Crippen LogP contribution < -0.4 is 0 Å². The number of rotatable bonds is 4. The van der Waals surface area contributed by atoms with Crippen LogP contribution in [-0.4, -0.2) is 46.6 Å². The Bertz CT molecular complexity index is 230. The van der Waals surface area contributed by atoms with Gasteiger partial charge in [0.25, 0.3) is 0 Å². The standard InChI is InChI=1S/C9H16N2O3/c1-2-11-8(12)4-3-6-10(11)7-5-9(13)14/h2-7H2,1H3,(H,13,14). The number of hydrazine groups is 1. The van der Waals surface area contributed by atoms with Crippen LogP contribution in [0.25, 0.3) is 0 Å². The highest BCUT2D eigenvalue weighted by Gasteiger charge is 2.24. The third-order valence-electron chi connectivity index (χ3n) is 2.32. The summed E-state index contributed by atoms with van der Waals surface area (Å²) in [4.78, 5) is 21.8. The Kier molecular flexibility index (Phi) is 3.88. The Morgan fingerprint density at radius 2 is 2.29 bits per heavy atom. The zero-order valence-corrected chi connectivity index (χ0v) is 8.40. The van der Waals surface area contributed by atoms with E-state index in [1.165, 1.54) is 0 Å². The lowest BCUT2D eigenvalue weighted by Gasteiger charge is -2.37. The molecule has 1 aliphatic rings. The van der Waals surface area contributed by atoms with Crippen molar-refractivity contribution < 1.29 is 14.7 Å². The molecule has 1 rings (SSSR count). The number of carboxylic acids is 1. The van der Waals surface area contributed by atoms with Crippen LogP contribution >= 0.6 is 0 Å². The molecule has 5 nitrogen and oxygen atoms in total. The molecule has 0 aromatic carbocycles. The molecule has 14 heavy (non-hydrogen) atoms. The van der Waals surface area contributed by atoms with E-state index in [1.54, 1.807) is 5.01 Å². The summed E-state index contributed by atoms with van der Waals surface area (Å²) in [7, 11) is 0. The molecule has 0 aliphatic carbocycles. The van der Waals surface area contributed by atoms with Gasteiger partial charge in [-0.1, -0.05) is 0 Å². The van der Waals surface area contributed by atoms with Crippen LogP contribution in [0.3, 0.4) is 0 Å². The molecular weight excluding hydrogens is 184 g/mol. The molecule has 1 N–H and O–H groups in total. The molecule has 0 saturated carbocycles. The smallest absolute Gasteiger partial charge is 0.304 e. The molecule has 0 bridgehead atoms. The molecule has 0 unspecified atom stereocenters. The minimum absolute atomic E-state index is 0.0871. The lowest BCUT2D eigenvalue weighted by atomic mass is 10.2. The van der Waals surface area contributed by atoms with Gasteiger partial charge in [0.2, 0.25) is 5.91 Å². The van der Waals surface area contributed by atoms with E-state index in [0.29, 0.717) is 19.5 Å². The Labute approximate surface area is 83.3 Å². The number of nitrogens with zero attached hydrogens (tertiary/aromatic N) is 2. The summed E-state index contributed by atoms with van der Waals surface area (Å²) >= 11 is 0. The van der Waals surface area contributed by atoms with Gasteiger partial charge in [0, 0.05) is 26.1 Å². The fourth-order valence-corrected chi connectivity index (χ4v) is 1.65.